The summed E-state index contributed by atoms with van der Waals surface area (Å²) in [6.07, 6.45) is 11.2. The molecule has 3 aliphatic rings. The minimum Gasteiger partial charge on any atom is -0.481 e. The molecule has 2 saturated heterocycles. The first-order valence-corrected chi connectivity index (χ1v) is 22.1. The van der Waals surface area contributed by atoms with Crippen molar-refractivity contribution in [1.29, 1.82) is 0 Å². The zero-order chi connectivity index (χ0) is 46.7. The molecular formula is C47H73NO15. The molecule has 4 unspecified atom stereocenters. The van der Waals surface area contributed by atoms with Gasteiger partial charge in [0.25, 0.3) is 0 Å². The van der Waals surface area contributed by atoms with Gasteiger partial charge in [0.15, 0.2) is 12.1 Å². The van der Waals surface area contributed by atoms with Gasteiger partial charge in [-0.3, -0.25) is 9.59 Å². The summed E-state index contributed by atoms with van der Waals surface area (Å²) < 4.78 is 23.5. The lowest BCUT2D eigenvalue weighted by atomic mass is 9.83. The van der Waals surface area contributed by atoms with E-state index in [2.05, 4.69) is 0 Å². The van der Waals surface area contributed by atoms with E-state index < -0.39 is 116 Å². The van der Waals surface area contributed by atoms with Crippen LogP contribution in [0.2, 0.25) is 0 Å². The van der Waals surface area contributed by atoms with Crippen LogP contribution < -0.4 is 5.73 Å². The van der Waals surface area contributed by atoms with Gasteiger partial charge in [-0.05, 0) is 52.4 Å². The fourth-order valence-corrected chi connectivity index (χ4v) is 7.91. The quantitative estimate of drug-likeness (QED) is 0.182. The van der Waals surface area contributed by atoms with Crippen LogP contribution >= 0.6 is 0 Å². The number of aliphatic hydroxyl groups excluding tert-OH is 7. The standard InChI is InChI=1S/C47H73NO15/c1-29-18-15-13-11-9-7-5-6-8-10-12-14-16-19-35(62-46-44(56)36(48)24-30(2)60-46)27-40-42(45(57)58)39(53)28-47(59,63-40)23-17-20-37(51)38(52)22-21-33(49)25-34(50)26-41(54)61-32(4)31(3)43(29)55/h5-16,18-19,29-40,42-44,46,49-53,55-56,59H,17,20-28,48H2,1-4H3,(H,57,58)/b6-5+,9-7+,10-8+,13-11+,14-12+,18-15+,19-16+/t29-,30?,31-,32-,33+,34+,35-,36?,37+,38+,39-,40-,42+,43+,44?,46?,47+/m0/s1. The molecule has 0 radical (unpaired) electrons. The maximum atomic E-state index is 12.6. The number of carbonyl (C=O) groups is 2. The first kappa shape index (κ1) is 54.0. The Morgan fingerprint density at radius 2 is 1.30 bits per heavy atom. The van der Waals surface area contributed by atoms with Gasteiger partial charge in [0.05, 0.1) is 61.4 Å². The van der Waals surface area contributed by atoms with Crippen molar-refractivity contribution in [3.8, 4) is 0 Å². The molecule has 0 aromatic heterocycles. The Labute approximate surface area is 371 Å². The third-order valence-electron chi connectivity index (χ3n) is 11.8. The SMILES string of the molecule is CC1CC(N)C(O)C(O[C@H]2/C=C/C=C/C=C/C=C/C=C/C=C/C=C/[C@H](C)[C@@H](O)[C@@H](C)[C@H](C)OC(=O)C[C@H](O)C[C@H](O)CC[C@@H](O)[C@H](O)CCC[C@]3(O)C[C@H](O)[C@@H](C(=O)O)[C@H](C2)O3)O1. The number of aliphatic hydroxyl groups is 8. The number of rotatable bonds is 3. The lowest BCUT2D eigenvalue weighted by molar-refractivity contribution is -0.300. The predicted molar refractivity (Wildman–Crippen MR) is 234 cm³/mol. The van der Waals surface area contributed by atoms with Crippen LogP contribution in [0.25, 0.3) is 0 Å². The normalized spacial score (nSPS) is 44.2. The van der Waals surface area contributed by atoms with Gasteiger partial charge in [-0.25, -0.2) is 0 Å². The van der Waals surface area contributed by atoms with Crippen LogP contribution in [0.5, 0.6) is 0 Å². The number of aliphatic carboxylic acids is 1. The number of carboxylic acid groups (broad SMARTS) is 1. The molecular weight excluding hydrogens is 819 g/mol. The minimum atomic E-state index is -2.01. The monoisotopic (exact) mass is 891 g/mol. The van der Waals surface area contributed by atoms with Crippen molar-refractivity contribution in [2.75, 3.05) is 0 Å². The van der Waals surface area contributed by atoms with Gasteiger partial charge in [-0.15, -0.1) is 0 Å². The molecule has 0 amide bonds. The van der Waals surface area contributed by atoms with Crippen molar-refractivity contribution in [2.45, 2.75) is 177 Å². The number of hydrogen-bond acceptors (Lipinski definition) is 15. The lowest BCUT2D eigenvalue weighted by Crippen LogP contribution is -2.56. The number of hydrogen-bond donors (Lipinski definition) is 10. The Morgan fingerprint density at radius 3 is 1.90 bits per heavy atom. The van der Waals surface area contributed by atoms with Gasteiger partial charge in [0.2, 0.25) is 0 Å². The van der Waals surface area contributed by atoms with Crippen molar-refractivity contribution in [3.05, 3.63) is 85.1 Å². The Balaban J connectivity index is 1.82. The average molecular weight is 892 g/mol. The second-order valence-corrected chi connectivity index (χ2v) is 17.3. The maximum absolute atomic E-state index is 12.6. The molecule has 16 heteroatoms. The van der Waals surface area contributed by atoms with Crippen LogP contribution in [0.4, 0.5) is 0 Å². The van der Waals surface area contributed by atoms with E-state index in [1.807, 2.05) is 55.5 Å². The van der Waals surface area contributed by atoms with Crippen molar-refractivity contribution in [2.24, 2.45) is 23.5 Å². The summed E-state index contributed by atoms with van der Waals surface area (Å²) in [6.45, 7) is 7.06. The first-order chi connectivity index (χ1) is 29.8. The highest BCUT2D eigenvalue weighted by atomic mass is 16.7. The van der Waals surface area contributed by atoms with E-state index in [-0.39, 0.29) is 57.0 Å². The molecule has 63 heavy (non-hydrogen) atoms. The summed E-state index contributed by atoms with van der Waals surface area (Å²) >= 11 is 0. The van der Waals surface area contributed by atoms with Gasteiger partial charge in [0, 0.05) is 37.1 Å². The summed E-state index contributed by atoms with van der Waals surface area (Å²) in [5.74, 6) is -6.19. The smallest absolute Gasteiger partial charge is 0.311 e. The van der Waals surface area contributed by atoms with E-state index in [1.165, 1.54) is 0 Å². The topological polar surface area (TPSA) is 279 Å². The fraction of sp³-hybridized carbons (Fsp3) is 0.660. The molecule has 356 valence electrons. The van der Waals surface area contributed by atoms with E-state index in [0.29, 0.717) is 6.42 Å². The molecule has 3 rings (SSSR count). The highest BCUT2D eigenvalue weighted by Crippen LogP contribution is 2.38. The molecule has 0 aromatic carbocycles. The number of fused-ring (bicyclic) bond motifs is 2. The van der Waals surface area contributed by atoms with Gasteiger partial charge >= 0.3 is 11.9 Å². The van der Waals surface area contributed by atoms with Crippen molar-refractivity contribution < 1.29 is 74.5 Å². The van der Waals surface area contributed by atoms with Crippen LogP contribution in [0.15, 0.2) is 85.1 Å². The number of allylic oxidation sites excluding steroid dienone is 12. The summed E-state index contributed by atoms with van der Waals surface area (Å²) in [5.41, 5.74) is 6.13. The predicted octanol–water partition coefficient (Wildman–Crippen LogP) is 2.77. The van der Waals surface area contributed by atoms with Crippen LogP contribution in [0.3, 0.4) is 0 Å². The fourth-order valence-electron chi connectivity index (χ4n) is 7.91. The lowest BCUT2D eigenvalue weighted by Gasteiger charge is -2.44. The molecule has 0 aliphatic carbocycles. The molecule has 2 fully saturated rings. The van der Waals surface area contributed by atoms with Crippen LogP contribution in [0, 0.1) is 17.8 Å². The maximum Gasteiger partial charge on any atom is 0.311 e. The Hall–Kier alpha value is -3.36. The zero-order valence-corrected chi connectivity index (χ0v) is 36.9. The van der Waals surface area contributed by atoms with E-state index in [0.717, 1.165) is 0 Å². The number of ether oxygens (including phenoxy) is 4. The third-order valence-corrected chi connectivity index (χ3v) is 11.8. The Kier molecular flexibility index (Phi) is 23.3. The summed E-state index contributed by atoms with van der Waals surface area (Å²) in [4.78, 5) is 25.0. The van der Waals surface area contributed by atoms with E-state index in [1.54, 1.807) is 57.2 Å². The van der Waals surface area contributed by atoms with Gasteiger partial charge in [-0.2, -0.15) is 0 Å². The molecule has 11 N–H and O–H groups in total. The Bertz CT molecular complexity index is 1600. The second-order valence-electron chi connectivity index (χ2n) is 17.3. The molecule has 0 aromatic rings. The minimum absolute atomic E-state index is 0.00661. The zero-order valence-electron chi connectivity index (χ0n) is 36.9. The molecule has 2 bridgehead atoms. The van der Waals surface area contributed by atoms with Gasteiger partial charge < -0.3 is 70.6 Å². The summed E-state index contributed by atoms with van der Waals surface area (Å²) in [6, 6.07) is -0.640. The number of esters is 1. The van der Waals surface area contributed by atoms with Crippen molar-refractivity contribution in [3.63, 3.8) is 0 Å². The van der Waals surface area contributed by atoms with Gasteiger partial charge in [0.1, 0.15) is 18.1 Å². The third kappa shape index (κ3) is 18.9. The van der Waals surface area contributed by atoms with Crippen molar-refractivity contribution >= 4 is 11.9 Å². The average Bonchev–Trinajstić information content (AvgIpc) is 3.19. The number of cyclic esters (lactones) is 1. The van der Waals surface area contributed by atoms with E-state index >= 15 is 0 Å². The van der Waals surface area contributed by atoms with Crippen LogP contribution in [0.1, 0.15) is 91.9 Å². The number of nitrogens with two attached hydrogens (primary N) is 1. The van der Waals surface area contributed by atoms with Crippen molar-refractivity contribution in [1.82, 2.24) is 0 Å². The summed E-state index contributed by atoms with van der Waals surface area (Å²) in [5, 5.41) is 96.8. The second kappa shape index (κ2) is 27.2. The van der Waals surface area contributed by atoms with E-state index in [4.69, 9.17) is 24.7 Å². The highest BCUT2D eigenvalue weighted by Gasteiger charge is 2.49. The number of carbonyl (C=O) groups excluding carboxylic acids is 1. The van der Waals surface area contributed by atoms with Crippen LogP contribution in [-0.4, -0.2) is 143 Å². The van der Waals surface area contributed by atoms with Gasteiger partial charge in [-0.1, -0.05) is 98.9 Å². The molecule has 3 aliphatic heterocycles. The molecule has 17 atom stereocenters. The van der Waals surface area contributed by atoms with E-state index in [9.17, 15) is 55.5 Å². The number of carboxylic acids is 1. The highest BCUT2D eigenvalue weighted by molar-refractivity contribution is 5.71. The first-order valence-electron chi connectivity index (χ1n) is 22.1. The Morgan fingerprint density at radius 1 is 0.730 bits per heavy atom. The molecule has 0 saturated carbocycles. The molecule has 16 nitrogen and oxygen atoms in total. The largest absolute Gasteiger partial charge is 0.481 e. The summed E-state index contributed by atoms with van der Waals surface area (Å²) in [7, 11) is 0. The molecule has 0 spiro atoms. The molecule has 3 heterocycles. The van der Waals surface area contributed by atoms with Crippen LogP contribution in [-0.2, 0) is 28.5 Å².